The van der Waals surface area contributed by atoms with Crippen LogP contribution in [-0.2, 0) is 9.59 Å². The van der Waals surface area contributed by atoms with Crippen molar-refractivity contribution in [1.29, 1.82) is 0 Å². The Hall–Kier alpha value is -1.88. The van der Waals surface area contributed by atoms with E-state index in [1.54, 1.807) is 0 Å². The maximum atomic E-state index is 12.1. The maximum absolute atomic E-state index is 12.1. The zero-order valence-corrected chi connectivity index (χ0v) is 15.6. The predicted octanol–water partition coefficient (Wildman–Crippen LogP) is 0.726. The van der Waals surface area contributed by atoms with Crippen LogP contribution in [0, 0.1) is 0 Å². The van der Waals surface area contributed by atoms with Crippen LogP contribution in [0.4, 0.5) is 0 Å². The molecule has 0 aromatic heterocycles. The lowest BCUT2D eigenvalue weighted by Crippen LogP contribution is -3.11. The summed E-state index contributed by atoms with van der Waals surface area (Å²) in [6.45, 7) is 9.17. The Kier molecular flexibility index (Phi) is 7.92. The average Bonchev–Trinajstić information content (AvgIpc) is 2.46. The van der Waals surface area contributed by atoms with Crippen molar-refractivity contribution in [3.63, 3.8) is 0 Å². The molecule has 0 heterocycles. The first-order chi connectivity index (χ1) is 11.2. The fourth-order valence-corrected chi connectivity index (χ4v) is 2.60. The van der Waals surface area contributed by atoms with Crippen molar-refractivity contribution in [1.82, 2.24) is 10.6 Å². The molecule has 0 fully saturated rings. The number of amides is 2. The summed E-state index contributed by atoms with van der Waals surface area (Å²) < 4.78 is 0. The van der Waals surface area contributed by atoms with Gasteiger partial charge in [0.25, 0.3) is 11.8 Å². The van der Waals surface area contributed by atoms with Crippen LogP contribution in [0.25, 0.3) is 0 Å². The monoisotopic (exact) mass is 334 g/mol. The van der Waals surface area contributed by atoms with Gasteiger partial charge in [0.05, 0.1) is 7.05 Å². The molecule has 0 saturated carbocycles. The molecular weight excluding hydrogens is 302 g/mol. The van der Waals surface area contributed by atoms with Crippen molar-refractivity contribution >= 4 is 11.8 Å². The van der Waals surface area contributed by atoms with Crippen molar-refractivity contribution in [2.24, 2.45) is 0 Å². The topological polar surface area (TPSA) is 62.6 Å². The number of quaternary nitrogens is 1. The average molecular weight is 334 g/mol. The molecule has 0 aliphatic heterocycles. The molecule has 24 heavy (non-hydrogen) atoms. The molecule has 1 unspecified atom stereocenters. The number of rotatable bonds is 8. The van der Waals surface area contributed by atoms with Crippen molar-refractivity contribution in [3.05, 3.63) is 35.9 Å². The van der Waals surface area contributed by atoms with Gasteiger partial charge in [-0.15, -0.1) is 0 Å². The van der Waals surface area contributed by atoms with Crippen LogP contribution in [0.1, 0.15) is 45.6 Å². The van der Waals surface area contributed by atoms with Crippen LogP contribution in [0.5, 0.6) is 0 Å². The first kappa shape index (κ1) is 20.2. The van der Waals surface area contributed by atoms with Crippen LogP contribution >= 0.6 is 0 Å². The number of hydrogen-bond donors (Lipinski definition) is 3. The van der Waals surface area contributed by atoms with Crippen molar-refractivity contribution in [2.75, 3.05) is 26.7 Å². The van der Waals surface area contributed by atoms with Crippen molar-refractivity contribution < 1.29 is 14.5 Å². The van der Waals surface area contributed by atoms with E-state index in [9.17, 15) is 9.59 Å². The molecule has 0 spiro atoms. The molecule has 0 saturated heterocycles. The van der Waals surface area contributed by atoms with E-state index in [0.29, 0.717) is 25.6 Å². The van der Waals surface area contributed by atoms with E-state index in [4.69, 9.17) is 0 Å². The summed E-state index contributed by atoms with van der Waals surface area (Å²) >= 11 is 0. The normalized spacial score (nSPS) is 13.9. The van der Waals surface area contributed by atoms with Crippen LogP contribution in [0.3, 0.4) is 0 Å². The number of carbonyl (C=O) groups is 2. The third kappa shape index (κ3) is 8.11. The molecule has 1 aromatic rings. The Morgan fingerprint density at radius 1 is 1.08 bits per heavy atom. The first-order valence-electron chi connectivity index (χ1n) is 8.65. The SMILES string of the molecule is CC[C@H](CNC(=O)C[NH+](C)CC(=O)NC(C)(C)C)c1ccccc1. The molecule has 2 atom stereocenters. The third-order valence-electron chi connectivity index (χ3n) is 3.75. The number of likely N-dealkylation sites (N-methyl/N-ethyl adjacent to an activating group) is 1. The maximum Gasteiger partial charge on any atom is 0.275 e. The minimum atomic E-state index is -0.246. The largest absolute Gasteiger partial charge is 0.351 e. The van der Waals surface area contributed by atoms with Crippen LogP contribution < -0.4 is 15.5 Å². The van der Waals surface area contributed by atoms with E-state index >= 15 is 0 Å². The number of carbonyl (C=O) groups excluding carboxylic acids is 2. The lowest BCUT2D eigenvalue weighted by Gasteiger charge is -2.22. The lowest BCUT2D eigenvalue weighted by atomic mass is 9.96. The highest BCUT2D eigenvalue weighted by atomic mass is 16.2. The van der Waals surface area contributed by atoms with Crippen molar-refractivity contribution in [3.8, 4) is 0 Å². The second-order valence-corrected chi connectivity index (χ2v) is 7.43. The highest BCUT2D eigenvalue weighted by Gasteiger charge is 2.19. The van der Waals surface area contributed by atoms with Gasteiger partial charge in [-0.25, -0.2) is 0 Å². The summed E-state index contributed by atoms with van der Waals surface area (Å²) in [6.07, 6.45) is 0.973. The number of benzene rings is 1. The van der Waals surface area contributed by atoms with Gasteiger partial charge >= 0.3 is 0 Å². The molecule has 1 aromatic carbocycles. The highest BCUT2D eigenvalue weighted by molar-refractivity contribution is 5.79. The molecule has 0 aliphatic carbocycles. The van der Waals surface area contributed by atoms with Gasteiger partial charge in [0, 0.05) is 18.0 Å². The molecule has 3 N–H and O–H groups in total. The summed E-state index contributed by atoms with van der Waals surface area (Å²) in [4.78, 5) is 24.9. The molecule has 5 heteroatoms. The molecule has 134 valence electrons. The fraction of sp³-hybridized carbons (Fsp3) is 0.579. The molecule has 0 aliphatic rings. The van der Waals surface area contributed by atoms with Gasteiger partial charge < -0.3 is 15.5 Å². The van der Waals surface area contributed by atoms with Gasteiger partial charge in [0.2, 0.25) is 0 Å². The molecule has 5 nitrogen and oxygen atoms in total. The van der Waals surface area contributed by atoms with E-state index < -0.39 is 0 Å². The second kappa shape index (κ2) is 9.42. The van der Waals surface area contributed by atoms with Gasteiger partial charge in [0.1, 0.15) is 0 Å². The van der Waals surface area contributed by atoms with Gasteiger partial charge in [-0.2, -0.15) is 0 Å². The summed E-state index contributed by atoms with van der Waals surface area (Å²) in [5.41, 5.74) is 0.995. The Morgan fingerprint density at radius 2 is 1.67 bits per heavy atom. The zero-order chi connectivity index (χ0) is 18.2. The van der Waals surface area contributed by atoms with E-state index in [2.05, 4.69) is 29.7 Å². The minimum absolute atomic E-state index is 0.0227. The standard InChI is InChI=1S/C19H31N3O2/c1-6-15(16-10-8-7-9-11-16)12-20-17(23)13-22(5)14-18(24)21-19(2,3)4/h7-11,15H,6,12-14H2,1-5H3,(H,20,23)(H,21,24)/p+1/t15-/m1/s1. The minimum Gasteiger partial charge on any atom is -0.351 e. The third-order valence-corrected chi connectivity index (χ3v) is 3.75. The van der Waals surface area contributed by atoms with Crippen LogP contribution in [0.15, 0.2) is 30.3 Å². The summed E-state index contributed by atoms with van der Waals surface area (Å²) in [5.74, 6) is 0.258. The Balaban J connectivity index is 2.38. The smallest absolute Gasteiger partial charge is 0.275 e. The Labute approximate surface area is 145 Å². The van der Waals surface area contributed by atoms with Crippen molar-refractivity contribution in [2.45, 2.75) is 45.6 Å². The summed E-state index contributed by atoms with van der Waals surface area (Å²) in [5, 5.41) is 5.91. The van der Waals surface area contributed by atoms with Crippen LogP contribution in [-0.4, -0.2) is 44.0 Å². The van der Waals surface area contributed by atoms with E-state index in [-0.39, 0.29) is 17.4 Å². The Morgan fingerprint density at radius 3 is 2.21 bits per heavy atom. The second-order valence-electron chi connectivity index (χ2n) is 7.43. The van der Waals surface area contributed by atoms with Gasteiger partial charge in [-0.3, -0.25) is 9.59 Å². The molecule has 1 rings (SSSR count). The van der Waals surface area contributed by atoms with E-state index in [1.807, 2.05) is 46.0 Å². The number of hydrogen-bond acceptors (Lipinski definition) is 2. The summed E-state index contributed by atoms with van der Waals surface area (Å²) in [7, 11) is 1.86. The quantitative estimate of drug-likeness (QED) is 0.656. The first-order valence-corrected chi connectivity index (χ1v) is 8.65. The number of nitrogens with one attached hydrogen (secondary N) is 3. The zero-order valence-electron chi connectivity index (χ0n) is 15.6. The van der Waals surface area contributed by atoms with Gasteiger partial charge in [-0.1, -0.05) is 37.3 Å². The van der Waals surface area contributed by atoms with Crippen LogP contribution in [0.2, 0.25) is 0 Å². The highest BCUT2D eigenvalue weighted by Crippen LogP contribution is 2.17. The molecule has 2 amide bonds. The molecule has 0 bridgehead atoms. The molecule has 0 radical (unpaired) electrons. The van der Waals surface area contributed by atoms with E-state index in [0.717, 1.165) is 11.3 Å². The molecular formula is C19H32N3O2+. The lowest BCUT2D eigenvalue weighted by molar-refractivity contribution is -0.862. The Bertz CT molecular complexity index is 523. The van der Waals surface area contributed by atoms with E-state index in [1.165, 1.54) is 5.56 Å². The fourth-order valence-electron chi connectivity index (χ4n) is 2.60. The predicted molar refractivity (Wildman–Crippen MR) is 97.0 cm³/mol. The van der Waals surface area contributed by atoms with Gasteiger partial charge in [0.15, 0.2) is 13.1 Å². The van der Waals surface area contributed by atoms with Gasteiger partial charge in [-0.05, 0) is 32.8 Å². The summed E-state index contributed by atoms with van der Waals surface area (Å²) in [6, 6.07) is 10.2.